The summed E-state index contributed by atoms with van der Waals surface area (Å²) >= 11 is 10.7. The van der Waals surface area contributed by atoms with E-state index in [0.717, 1.165) is 5.69 Å². The molecule has 7 heteroatoms. The van der Waals surface area contributed by atoms with Gasteiger partial charge < -0.3 is 5.32 Å². The third kappa shape index (κ3) is 5.60. The Kier molecular flexibility index (Phi) is 6.10. The third-order valence-corrected chi connectivity index (χ3v) is 2.36. The van der Waals surface area contributed by atoms with Crippen molar-refractivity contribution in [2.75, 3.05) is 12.5 Å². The fraction of sp³-hybridized carbons (Fsp3) is 0.182. The number of hydrogen-bond acceptors (Lipinski definition) is 4. The zero-order valence-corrected chi connectivity index (χ0v) is 11.6. The predicted octanol–water partition coefficient (Wildman–Crippen LogP) is 2.21. The molecule has 5 nitrogen and oxygen atoms in total. The van der Waals surface area contributed by atoms with Gasteiger partial charge in [0.25, 0.3) is 0 Å². The molecule has 96 valence electrons. The van der Waals surface area contributed by atoms with Gasteiger partial charge >= 0.3 is 0 Å². The molecule has 0 atom stereocenters. The van der Waals surface area contributed by atoms with Crippen molar-refractivity contribution >= 4 is 46.5 Å². The fourth-order valence-electron chi connectivity index (χ4n) is 0.982. The molecule has 0 aliphatic rings. The van der Waals surface area contributed by atoms with Crippen molar-refractivity contribution in [1.29, 1.82) is 0 Å². The average molecular weight is 284 g/mol. The highest BCUT2D eigenvalue weighted by Gasteiger charge is 1.91. The predicted molar refractivity (Wildman–Crippen MR) is 81.5 cm³/mol. The molecular weight excluding hydrogens is 270 g/mol. The summed E-state index contributed by atoms with van der Waals surface area (Å²) in [6, 6.07) is 7.28. The normalized spacial score (nSPS) is 11.4. The van der Waals surface area contributed by atoms with Crippen LogP contribution in [0.4, 0.5) is 5.69 Å². The summed E-state index contributed by atoms with van der Waals surface area (Å²) in [5.74, 6) is 0. The van der Waals surface area contributed by atoms with Gasteiger partial charge in [-0.25, -0.2) is 0 Å². The Morgan fingerprint density at radius 3 is 2.89 bits per heavy atom. The van der Waals surface area contributed by atoms with Gasteiger partial charge in [0.05, 0.1) is 17.6 Å². The van der Waals surface area contributed by atoms with E-state index in [1.54, 1.807) is 32.3 Å². The Bertz CT molecular complexity index is 472. The van der Waals surface area contributed by atoms with Crippen LogP contribution in [-0.2, 0) is 0 Å². The molecule has 0 spiro atoms. The largest absolute Gasteiger partial charge is 0.364 e. The molecule has 0 unspecified atom stereocenters. The van der Waals surface area contributed by atoms with Gasteiger partial charge in [0.15, 0.2) is 5.11 Å². The lowest BCUT2D eigenvalue weighted by atomic mass is 10.3. The van der Waals surface area contributed by atoms with Crippen molar-refractivity contribution in [1.82, 2.24) is 10.7 Å². The number of nitrogens with zero attached hydrogens (tertiary/aromatic N) is 2. The number of hydrazone groups is 2. The lowest BCUT2D eigenvalue weighted by molar-refractivity contribution is 0.977. The molecule has 0 aromatic heterocycles. The van der Waals surface area contributed by atoms with E-state index in [1.165, 1.54) is 0 Å². The lowest BCUT2D eigenvalue weighted by Gasteiger charge is -2.01. The minimum atomic E-state index is 0.450. The Labute approximate surface area is 116 Å². The van der Waals surface area contributed by atoms with Crippen LogP contribution in [0, 0.1) is 0 Å². The van der Waals surface area contributed by atoms with Gasteiger partial charge in [-0.3, -0.25) is 10.9 Å². The van der Waals surface area contributed by atoms with Gasteiger partial charge in [0, 0.05) is 12.1 Å². The van der Waals surface area contributed by atoms with Crippen LogP contribution in [0.15, 0.2) is 34.5 Å². The summed E-state index contributed by atoms with van der Waals surface area (Å²) in [4.78, 5) is 0. The SMILES string of the molecule is CNC(=S)N/N=C(C)/C=N\Nc1cccc(Cl)c1. The fourth-order valence-corrected chi connectivity index (χ4v) is 1.22. The van der Waals surface area contributed by atoms with Crippen molar-refractivity contribution in [2.45, 2.75) is 6.92 Å². The monoisotopic (exact) mass is 283 g/mol. The highest BCUT2D eigenvalue weighted by molar-refractivity contribution is 7.80. The van der Waals surface area contributed by atoms with Crippen molar-refractivity contribution < 1.29 is 0 Å². The molecule has 0 aliphatic carbocycles. The molecule has 0 saturated carbocycles. The highest BCUT2D eigenvalue weighted by Crippen LogP contribution is 2.14. The van der Waals surface area contributed by atoms with Gasteiger partial charge in [0.2, 0.25) is 0 Å². The van der Waals surface area contributed by atoms with Crippen LogP contribution in [0.25, 0.3) is 0 Å². The second kappa shape index (κ2) is 7.62. The quantitative estimate of drug-likeness (QED) is 0.450. The molecule has 0 radical (unpaired) electrons. The first-order valence-electron chi connectivity index (χ1n) is 5.18. The van der Waals surface area contributed by atoms with E-state index < -0.39 is 0 Å². The summed E-state index contributed by atoms with van der Waals surface area (Å²) < 4.78 is 0. The van der Waals surface area contributed by atoms with Crippen molar-refractivity contribution in [3.63, 3.8) is 0 Å². The van der Waals surface area contributed by atoms with Crippen LogP contribution in [0.5, 0.6) is 0 Å². The molecule has 0 amide bonds. The lowest BCUT2D eigenvalue weighted by Crippen LogP contribution is -2.29. The first-order valence-corrected chi connectivity index (χ1v) is 5.97. The molecule has 3 N–H and O–H groups in total. The van der Waals surface area contributed by atoms with E-state index >= 15 is 0 Å². The first-order chi connectivity index (χ1) is 8.61. The van der Waals surface area contributed by atoms with Crippen LogP contribution in [-0.4, -0.2) is 24.1 Å². The zero-order valence-electron chi connectivity index (χ0n) is 10.1. The van der Waals surface area contributed by atoms with Gasteiger partial charge in [-0.15, -0.1) is 0 Å². The van der Waals surface area contributed by atoms with Gasteiger partial charge in [-0.1, -0.05) is 17.7 Å². The second-order valence-electron chi connectivity index (χ2n) is 3.32. The number of thiocarbonyl (C=S) groups is 1. The van der Waals surface area contributed by atoms with E-state index in [2.05, 4.69) is 26.4 Å². The smallest absolute Gasteiger partial charge is 0.186 e. The molecule has 1 rings (SSSR count). The maximum absolute atomic E-state index is 5.84. The number of nitrogens with one attached hydrogen (secondary N) is 3. The van der Waals surface area contributed by atoms with Gasteiger partial charge in [-0.2, -0.15) is 10.2 Å². The standard InChI is InChI=1S/C11H14ClN5S/c1-8(15-17-11(18)13-2)7-14-16-10-5-3-4-9(12)6-10/h3-7,16H,1-2H3,(H2,13,17,18)/b14-7-,15-8+. The van der Waals surface area contributed by atoms with Crippen LogP contribution < -0.4 is 16.2 Å². The summed E-state index contributed by atoms with van der Waals surface area (Å²) in [5, 5.41) is 11.9. The van der Waals surface area contributed by atoms with Crippen molar-refractivity contribution in [2.24, 2.45) is 10.2 Å². The summed E-state index contributed by atoms with van der Waals surface area (Å²) in [7, 11) is 1.72. The van der Waals surface area contributed by atoms with E-state index in [4.69, 9.17) is 23.8 Å². The summed E-state index contributed by atoms with van der Waals surface area (Å²) in [6.45, 7) is 1.80. The Balaban J connectivity index is 2.47. The minimum absolute atomic E-state index is 0.450. The van der Waals surface area contributed by atoms with Gasteiger partial charge in [-0.05, 0) is 37.3 Å². The molecule has 0 fully saturated rings. The third-order valence-electron chi connectivity index (χ3n) is 1.83. The molecule has 18 heavy (non-hydrogen) atoms. The molecule has 1 aromatic rings. The van der Waals surface area contributed by atoms with E-state index in [9.17, 15) is 0 Å². The maximum Gasteiger partial charge on any atom is 0.186 e. The zero-order chi connectivity index (χ0) is 13.4. The molecule has 1 aromatic carbocycles. The van der Waals surface area contributed by atoms with Crippen molar-refractivity contribution in [3.05, 3.63) is 29.3 Å². The molecular formula is C11H14ClN5S. The minimum Gasteiger partial charge on any atom is -0.364 e. The summed E-state index contributed by atoms with van der Waals surface area (Å²) in [6.07, 6.45) is 1.58. The molecule has 0 aliphatic heterocycles. The Morgan fingerprint density at radius 1 is 1.44 bits per heavy atom. The van der Waals surface area contributed by atoms with E-state index in [1.807, 2.05) is 12.1 Å². The van der Waals surface area contributed by atoms with Crippen LogP contribution in [0.1, 0.15) is 6.92 Å². The van der Waals surface area contributed by atoms with Crippen LogP contribution >= 0.6 is 23.8 Å². The number of halogens is 1. The maximum atomic E-state index is 5.84. The highest BCUT2D eigenvalue weighted by atomic mass is 35.5. The molecule has 0 saturated heterocycles. The van der Waals surface area contributed by atoms with Gasteiger partial charge in [0.1, 0.15) is 0 Å². The average Bonchev–Trinajstić information content (AvgIpc) is 2.36. The Morgan fingerprint density at radius 2 is 2.22 bits per heavy atom. The first kappa shape index (κ1) is 14.4. The number of hydrogen-bond donors (Lipinski definition) is 3. The number of benzene rings is 1. The Hall–Kier alpha value is -1.66. The number of rotatable bonds is 4. The second-order valence-corrected chi connectivity index (χ2v) is 4.17. The van der Waals surface area contributed by atoms with E-state index in [0.29, 0.717) is 15.8 Å². The topological polar surface area (TPSA) is 60.8 Å². The molecule has 0 bridgehead atoms. The van der Waals surface area contributed by atoms with E-state index in [-0.39, 0.29) is 0 Å². The van der Waals surface area contributed by atoms with Crippen LogP contribution in [0.2, 0.25) is 5.02 Å². The van der Waals surface area contributed by atoms with Crippen LogP contribution in [0.3, 0.4) is 0 Å². The van der Waals surface area contributed by atoms with Crippen molar-refractivity contribution in [3.8, 4) is 0 Å². The number of anilines is 1. The summed E-state index contributed by atoms with van der Waals surface area (Å²) in [5.41, 5.74) is 7.00. The molecule has 0 heterocycles.